The van der Waals surface area contributed by atoms with E-state index in [1.54, 1.807) is 18.2 Å². The van der Waals surface area contributed by atoms with Crippen molar-refractivity contribution in [3.05, 3.63) is 29.8 Å². The van der Waals surface area contributed by atoms with Crippen molar-refractivity contribution in [2.24, 2.45) is 0 Å². The van der Waals surface area contributed by atoms with Gasteiger partial charge in [-0.15, -0.1) is 0 Å². The Balaban J connectivity index is 1.76. The topological polar surface area (TPSA) is 91.3 Å². The highest BCUT2D eigenvalue weighted by Gasteiger charge is 2.15. The minimum atomic E-state index is -0.518. The largest absolute Gasteiger partial charge is 0.504 e. The third-order valence-electron chi connectivity index (χ3n) is 9.09. The fraction of sp³-hybridized carbons (Fsp3) is 0.750. The lowest BCUT2D eigenvalue weighted by atomic mass is 10.0. The van der Waals surface area contributed by atoms with Gasteiger partial charge in [-0.25, -0.2) is 4.79 Å². The number of phenolic OH excluding ortho intramolecular Hbond substituents is 1. The van der Waals surface area contributed by atoms with E-state index in [9.17, 15) is 14.7 Å². The molecule has 7 heteroatoms. The van der Waals surface area contributed by atoms with Crippen LogP contribution in [-0.2, 0) is 23.8 Å². The van der Waals surface area contributed by atoms with Gasteiger partial charge in [0, 0.05) is 19.1 Å². The van der Waals surface area contributed by atoms with Crippen LogP contribution in [0.1, 0.15) is 166 Å². The van der Waals surface area contributed by atoms with Gasteiger partial charge in [-0.05, 0) is 36.6 Å². The predicted molar refractivity (Wildman–Crippen MR) is 191 cm³/mol. The maximum absolute atomic E-state index is 12.4. The zero-order valence-electron chi connectivity index (χ0n) is 29.7. The van der Waals surface area contributed by atoms with Crippen LogP contribution in [0.3, 0.4) is 0 Å². The van der Waals surface area contributed by atoms with Gasteiger partial charge < -0.3 is 24.1 Å². The summed E-state index contributed by atoms with van der Waals surface area (Å²) in [5.74, 6) is -0.379. The number of carbonyl (C=O) groups is 2. The highest BCUT2D eigenvalue weighted by atomic mass is 16.6. The van der Waals surface area contributed by atoms with E-state index in [1.165, 1.54) is 148 Å². The van der Waals surface area contributed by atoms with E-state index in [0.29, 0.717) is 24.3 Å². The summed E-state index contributed by atoms with van der Waals surface area (Å²) < 4.78 is 22.1. The van der Waals surface area contributed by atoms with Gasteiger partial charge in [0.1, 0.15) is 19.3 Å². The third-order valence-corrected chi connectivity index (χ3v) is 9.09. The standard InChI is InChI=1S/C40H66O7/c1-44-38-32-35(27-29-37(38)41)28-30-40(43)47-34-36-33-46-39(42)26-24-22-20-18-16-14-12-10-8-6-4-2-3-5-7-9-11-13-15-17-19-21-23-25-31-45-36/h27-30,32,36,41H,2-26,31,33-34H2,1H3/b30-28+/t36-/m0/s1. The molecular weight excluding hydrogens is 592 g/mol. The van der Waals surface area contributed by atoms with Crippen molar-refractivity contribution in [2.45, 2.75) is 167 Å². The summed E-state index contributed by atoms with van der Waals surface area (Å²) >= 11 is 0. The maximum Gasteiger partial charge on any atom is 0.330 e. The Hall–Kier alpha value is -2.54. The van der Waals surface area contributed by atoms with Crippen molar-refractivity contribution in [1.82, 2.24) is 0 Å². The number of cyclic esters (lactones) is 1. The number of esters is 2. The molecule has 0 unspecified atom stereocenters. The van der Waals surface area contributed by atoms with Gasteiger partial charge in [-0.2, -0.15) is 0 Å². The van der Waals surface area contributed by atoms with Crippen LogP contribution < -0.4 is 4.74 Å². The van der Waals surface area contributed by atoms with Gasteiger partial charge >= 0.3 is 11.9 Å². The summed E-state index contributed by atoms with van der Waals surface area (Å²) in [6.45, 7) is 0.628. The molecule has 1 aliphatic heterocycles. The van der Waals surface area contributed by atoms with Crippen molar-refractivity contribution >= 4 is 18.0 Å². The van der Waals surface area contributed by atoms with Gasteiger partial charge in [0.05, 0.1) is 7.11 Å². The molecule has 1 heterocycles. The molecule has 1 atom stereocenters. The lowest BCUT2D eigenvalue weighted by molar-refractivity contribution is -0.153. The van der Waals surface area contributed by atoms with Gasteiger partial charge in [0.25, 0.3) is 0 Å². The average molecular weight is 659 g/mol. The second-order valence-electron chi connectivity index (χ2n) is 13.3. The molecule has 7 nitrogen and oxygen atoms in total. The summed E-state index contributed by atoms with van der Waals surface area (Å²) in [5, 5.41) is 9.77. The smallest absolute Gasteiger partial charge is 0.330 e. The molecule has 0 aromatic heterocycles. The highest BCUT2D eigenvalue weighted by Crippen LogP contribution is 2.26. The SMILES string of the molecule is COc1cc(/C=C/C(=O)OC[C@@H]2COC(=O)CCCCCCCCCCCCCCCCCCCCCCCCCCO2)ccc1O. The molecule has 1 fully saturated rings. The maximum atomic E-state index is 12.4. The lowest BCUT2D eigenvalue weighted by Gasteiger charge is -2.18. The number of phenols is 1. The van der Waals surface area contributed by atoms with Crippen molar-refractivity contribution in [3.8, 4) is 11.5 Å². The predicted octanol–water partition coefficient (Wildman–Crippen LogP) is 10.7. The van der Waals surface area contributed by atoms with Crippen LogP contribution in [-0.4, -0.2) is 50.1 Å². The van der Waals surface area contributed by atoms with Crippen LogP contribution in [0.15, 0.2) is 24.3 Å². The molecule has 1 saturated heterocycles. The van der Waals surface area contributed by atoms with E-state index in [0.717, 1.165) is 25.7 Å². The summed E-state index contributed by atoms with van der Waals surface area (Å²) in [7, 11) is 1.47. The van der Waals surface area contributed by atoms with Crippen LogP contribution in [0.4, 0.5) is 0 Å². The van der Waals surface area contributed by atoms with Gasteiger partial charge in [0.15, 0.2) is 11.5 Å². The van der Waals surface area contributed by atoms with Gasteiger partial charge in [-0.1, -0.05) is 147 Å². The van der Waals surface area contributed by atoms with E-state index in [1.807, 2.05) is 0 Å². The molecule has 2 rings (SSSR count). The molecule has 0 amide bonds. The molecule has 0 bridgehead atoms. The number of carbonyl (C=O) groups excluding carboxylic acids is 2. The van der Waals surface area contributed by atoms with E-state index < -0.39 is 12.1 Å². The molecule has 47 heavy (non-hydrogen) atoms. The fourth-order valence-electron chi connectivity index (χ4n) is 6.10. The molecule has 1 aliphatic rings. The first kappa shape index (κ1) is 40.6. The number of benzene rings is 1. The van der Waals surface area contributed by atoms with Gasteiger partial charge in [-0.3, -0.25) is 4.79 Å². The molecule has 1 N–H and O–H groups in total. The minimum absolute atomic E-state index is 0.00928. The van der Waals surface area contributed by atoms with Crippen molar-refractivity contribution in [3.63, 3.8) is 0 Å². The Kier molecular flexibility index (Phi) is 24.6. The number of hydrogen-bond acceptors (Lipinski definition) is 7. The normalized spacial score (nSPS) is 21.2. The number of aromatic hydroxyl groups is 1. The van der Waals surface area contributed by atoms with Crippen LogP contribution in [0.2, 0.25) is 0 Å². The summed E-state index contributed by atoms with van der Waals surface area (Å²) in [6, 6.07) is 4.82. The molecular formula is C40H66O7. The van der Waals surface area contributed by atoms with Crippen LogP contribution >= 0.6 is 0 Å². The van der Waals surface area contributed by atoms with Crippen LogP contribution in [0.25, 0.3) is 6.08 Å². The van der Waals surface area contributed by atoms with Crippen molar-refractivity contribution in [2.75, 3.05) is 26.9 Å². The third kappa shape index (κ3) is 22.6. The quantitative estimate of drug-likeness (QED) is 0.249. The minimum Gasteiger partial charge on any atom is -0.504 e. The first-order chi connectivity index (χ1) is 23.1. The van der Waals surface area contributed by atoms with E-state index in [4.69, 9.17) is 18.9 Å². The molecule has 0 radical (unpaired) electrons. The molecule has 268 valence electrons. The Morgan fingerprint density at radius 1 is 0.745 bits per heavy atom. The van der Waals surface area contributed by atoms with E-state index in [-0.39, 0.29) is 24.9 Å². The van der Waals surface area contributed by atoms with Crippen molar-refractivity contribution in [1.29, 1.82) is 0 Å². The second-order valence-corrected chi connectivity index (χ2v) is 13.3. The Labute approximate surface area is 286 Å². The molecule has 1 aromatic carbocycles. The Bertz CT molecular complexity index is 960. The summed E-state index contributed by atoms with van der Waals surface area (Å²) in [6.07, 6.45) is 33.6. The van der Waals surface area contributed by atoms with E-state index in [2.05, 4.69) is 0 Å². The first-order valence-electron chi connectivity index (χ1n) is 19.1. The number of hydrogen-bond donors (Lipinski definition) is 1. The highest BCUT2D eigenvalue weighted by molar-refractivity contribution is 5.87. The fourth-order valence-corrected chi connectivity index (χ4v) is 6.10. The second kappa shape index (κ2) is 28.5. The molecule has 0 saturated carbocycles. The zero-order valence-corrected chi connectivity index (χ0v) is 29.7. The van der Waals surface area contributed by atoms with E-state index >= 15 is 0 Å². The zero-order chi connectivity index (χ0) is 33.6. The lowest BCUT2D eigenvalue weighted by Crippen LogP contribution is -2.28. The molecule has 1 aromatic rings. The molecule has 0 aliphatic carbocycles. The monoisotopic (exact) mass is 658 g/mol. The summed E-state index contributed by atoms with van der Waals surface area (Å²) in [5.41, 5.74) is 0.694. The first-order valence-corrected chi connectivity index (χ1v) is 19.1. The number of methoxy groups -OCH3 is 1. The van der Waals surface area contributed by atoms with Gasteiger partial charge in [0.2, 0.25) is 0 Å². The number of ether oxygens (including phenoxy) is 4. The van der Waals surface area contributed by atoms with Crippen molar-refractivity contribution < 1.29 is 33.6 Å². The number of rotatable bonds is 5. The summed E-state index contributed by atoms with van der Waals surface area (Å²) in [4.78, 5) is 24.9. The van der Waals surface area contributed by atoms with Crippen LogP contribution in [0.5, 0.6) is 11.5 Å². The average Bonchev–Trinajstić information content (AvgIpc) is 3.07. The molecule has 0 spiro atoms. The van der Waals surface area contributed by atoms with Crippen LogP contribution in [0, 0.1) is 0 Å². The Morgan fingerprint density at radius 3 is 1.70 bits per heavy atom. The Morgan fingerprint density at radius 2 is 1.21 bits per heavy atom.